The van der Waals surface area contributed by atoms with Crippen molar-refractivity contribution in [2.45, 2.75) is 25.4 Å². The molecule has 3 heteroatoms. The molecule has 3 aromatic rings. The van der Waals surface area contributed by atoms with Gasteiger partial charge in [-0.15, -0.1) is 0 Å². The molecule has 23 heavy (non-hydrogen) atoms. The molecule has 2 heterocycles. The monoisotopic (exact) mass is 303 g/mol. The Labute approximate surface area is 137 Å². The summed E-state index contributed by atoms with van der Waals surface area (Å²) in [5.41, 5.74) is 3.80. The summed E-state index contributed by atoms with van der Waals surface area (Å²) in [7, 11) is 0. The van der Waals surface area contributed by atoms with Crippen molar-refractivity contribution in [1.82, 2.24) is 15.3 Å². The van der Waals surface area contributed by atoms with Gasteiger partial charge in [-0.05, 0) is 41.7 Å². The first-order chi connectivity index (χ1) is 11.4. The van der Waals surface area contributed by atoms with Gasteiger partial charge in [0.15, 0.2) is 0 Å². The Morgan fingerprint density at radius 3 is 2.13 bits per heavy atom. The maximum Gasteiger partial charge on any atom is 0.0326 e. The number of hydrogen-bond acceptors (Lipinski definition) is 3. The molecule has 2 aromatic heterocycles. The van der Waals surface area contributed by atoms with Crippen LogP contribution in [0.4, 0.5) is 0 Å². The molecule has 0 saturated carbocycles. The summed E-state index contributed by atoms with van der Waals surface area (Å²) in [5, 5.41) is 3.66. The Morgan fingerprint density at radius 2 is 1.48 bits per heavy atom. The van der Waals surface area contributed by atoms with Crippen molar-refractivity contribution >= 4 is 0 Å². The number of benzene rings is 1. The van der Waals surface area contributed by atoms with Gasteiger partial charge in [0, 0.05) is 37.4 Å². The number of hydrogen-bond donors (Lipinski definition) is 1. The number of pyridine rings is 2. The van der Waals surface area contributed by atoms with Crippen molar-refractivity contribution in [1.29, 1.82) is 0 Å². The lowest BCUT2D eigenvalue weighted by Gasteiger charge is -2.19. The molecule has 1 atom stereocenters. The summed E-state index contributed by atoms with van der Waals surface area (Å²) in [6.07, 6.45) is 9.53. The topological polar surface area (TPSA) is 37.8 Å². The summed E-state index contributed by atoms with van der Waals surface area (Å²) < 4.78 is 0. The highest BCUT2D eigenvalue weighted by Crippen LogP contribution is 2.19. The van der Waals surface area contributed by atoms with E-state index in [0.29, 0.717) is 6.04 Å². The lowest BCUT2D eigenvalue weighted by molar-refractivity contribution is 0.498. The van der Waals surface area contributed by atoms with Crippen LogP contribution in [0.3, 0.4) is 0 Å². The fourth-order valence-corrected chi connectivity index (χ4v) is 2.67. The van der Waals surface area contributed by atoms with E-state index in [2.05, 4.69) is 57.7 Å². The first kappa shape index (κ1) is 15.4. The predicted octanol–water partition coefficient (Wildman–Crippen LogP) is 3.94. The lowest BCUT2D eigenvalue weighted by Crippen LogP contribution is -2.21. The zero-order valence-corrected chi connectivity index (χ0v) is 13.1. The molecule has 1 N–H and O–H groups in total. The Hall–Kier alpha value is -2.52. The number of rotatable bonds is 7. The van der Waals surface area contributed by atoms with Crippen molar-refractivity contribution in [3.05, 3.63) is 96.1 Å². The second-order valence-corrected chi connectivity index (χ2v) is 5.61. The van der Waals surface area contributed by atoms with Crippen LogP contribution in [0, 0.1) is 0 Å². The molecule has 0 fully saturated rings. The number of nitrogens with one attached hydrogen (secondary N) is 1. The normalized spacial score (nSPS) is 12.0. The molecule has 0 aliphatic heterocycles. The molecule has 0 aliphatic carbocycles. The zero-order chi connectivity index (χ0) is 15.7. The van der Waals surface area contributed by atoms with E-state index in [1.807, 2.05) is 30.7 Å². The zero-order valence-electron chi connectivity index (χ0n) is 13.1. The highest BCUT2D eigenvalue weighted by molar-refractivity contribution is 5.20. The van der Waals surface area contributed by atoms with Gasteiger partial charge in [-0.25, -0.2) is 0 Å². The molecule has 0 spiro atoms. The summed E-state index contributed by atoms with van der Waals surface area (Å²) in [4.78, 5) is 8.38. The van der Waals surface area contributed by atoms with Crippen molar-refractivity contribution in [2.75, 3.05) is 0 Å². The second-order valence-electron chi connectivity index (χ2n) is 5.61. The molecule has 116 valence electrons. The van der Waals surface area contributed by atoms with Gasteiger partial charge in [0.1, 0.15) is 0 Å². The van der Waals surface area contributed by atoms with E-state index in [9.17, 15) is 0 Å². The van der Waals surface area contributed by atoms with Crippen LogP contribution in [0.2, 0.25) is 0 Å². The summed E-state index contributed by atoms with van der Waals surface area (Å²) in [5.74, 6) is 0. The summed E-state index contributed by atoms with van der Waals surface area (Å²) >= 11 is 0. The Balaban J connectivity index is 1.66. The van der Waals surface area contributed by atoms with Gasteiger partial charge in [0.2, 0.25) is 0 Å². The van der Waals surface area contributed by atoms with Gasteiger partial charge in [0.05, 0.1) is 0 Å². The van der Waals surface area contributed by atoms with E-state index in [1.165, 1.54) is 16.7 Å². The summed E-state index contributed by atoms with van der Waals surface area (Å²) in [6.45, 7) is 0.820. The minimum Gasteiger partial charge on any atom is -0.306 e. The van der Waals surface area contributed by atoms with Crippen LogP contribution in [0.1, 0.15) is 29.2 Å². The average molecular weight is 303 g/mol. The van der Waals surface area contributed by atoms with Crippen LogP contribution < -0.4 is 5.32 Å². The smallest absolute Gasteiger partial charge is 0.0326 e. The van der Waals surface area contributed by atoms with Gasteiger partial charge in [-0.2, -0.15) is 0 Å². The first-order valence-electron chi connectivity index (χ1n) is 7.98. The quantitative estimate of drug-likeness (QED) is 0.718. The van der Waals surface area contributed by atoms with Gasteiger partial charge >= 0.3 is 0 Å². The van der Waals surface area contributed by atoms with Crippen molar-refractivity contribution < 1.29 is 0 Å². The maximum absolute atomic E-state index is 4.20. The first-order valence-corrected chi connectivity index (χ1v) is 7.98. The van der Waals surface area contributed by atoms with Gasteiger partial charge in [-0.1, -0.05) is 42.5 Å². The molecular weight excluding hydrogens is 282 g/mol. The number of aryl methyl sites for hydroxylation is 1. The molecule has 0 aliphatic rings. The minimum absolute atomic E-state index is 0.316. The van der Waals surface area contributed by atoms with E-state index in [1.54, 1.807) is 6.20 Å². The molecule has 0 bridgehead atoms. The Bertz CT molecular complexity index is 640. The predicted molar refractivity (Wildman–Crippen MR) is 92.8 cm³/mol. The Morgan fingerprint density at radius 1 is 0.783 bits per heavy atom. The molecule has 3 nitrogen and oxygen atoms in total. The van der Waals surface area contributed by atoms with Gasteiger partial charge in [-0.3, -0.25) is 9.97 Å². The second kappa shape index (κ2) is 8.20. The van der Waals surface area contributed by atoms with Crippen molar-refractivity contribution in [2.24, 2.45) is 0 Å². The number of nitrogens with zero attached hydrogens (tertiary/aromatic N) is 2. The van der Waals surface area contributed by atoms with Crippen LogP contribution in [0.25, 0.3) is 0 Å². The SMILES string of the molecule is c1ccc(C(CCc2cccnc2)NCc2cccnc2)cc1. The van der Waals surface area contributed by atoms with Gasteiger partial charge < -0.3 is 5.32 Å². The molecule has 0 saturated heterocycles. The van der Waals surface area contributed by atoms with Crippen molar-refractivity contribution in [3.63, 3.8) is 0 Å². The third-order valence-electron chi connectivity index (χ3n) is 3.92. The molecule has 0 amide bonds. The molecule has 1 aromatic carbocycles. The summed E-state index contributed by atoms with van der Waals surface area (Å²) in [6, 6.07) is 19.1. The largest absolute Gasteiger partial charge is 0.306 e. The van der Waals surface area contributed by atoms with Crippen LogP contribution in [-0.2, 0) is 13.0 Å². The highest BCUT2D eigenvalue weighted by atomic mass is 14.9. The third-order valence-corrected chi connectivity index (χ3v) is 3.92. The number of aromatic nitrogens is 2. The van der Waals surface area contributed by atoms with E-state index >= 15 is 0 Å². The maximum atomic E-state index is 4.20. The average Bonchev–Trinajstić information content (AvgIpc) is 2.64. The molecule has 0 radical (unpaired) electrons. The third kappa shape index (κ3) is 4.73. The van der Waals surface area contributed by atoms with Crippen LogP contribution >= 0.6 is 0 Å². The van der Waals surface area contributed by atoms with Crippen LogP contribution in [0.5, 0.6) is 0 Å². The van der Waals surface area contributed by atoms with E-state index in [4.69, 9.17) is 0 Å². The fraction of sp³-hybridized carbons (Fsp3) is 0.200. The highest BCUT2D eigenvalue weighted by Gasteiger charge is 2.11. The van der Waals surface area contributed by atoms with Crippen molar-refractivity contribution in [3.8, 4) is 0 Å². The van der Waals surface area contributed by atoms with E-state index in [-0.39, 0.29) is 0 Å². The minimum atomic E-state index is 0.316. The molecule has 1 unspecified atom stereocenters. The lowest BCUT2D eigenvalue weighted by atomic mass is 9.99. The van der Waals surface area contributed by atoms with E-state index < -0.39 is 0 Å². The standard InChI is InChI=1S/C20H21N3/c1-2-8-19(9-3-1)20(11-10-17-6-4-12-21-14-17)23-16-18-7-5-13-22-15-18/h1-9,12-15,20,23H,10-11,16H2. The van der Waals surface area contributed by atoms with Crippen LogP contribution in [-0.4, -0.2) is 9.97 Å². The fourth-order valence-electron chi connectivity index (χ4n) is 2.67. The van der Waals surface area contributed by atoms with E-state index in [0.717, 1.165) is 19.4 Å². The van der Waals surface area contributed by atoms with Crippen LogP contribution in [0.15, 0.2) is 79.4 Å². The Kier molecular flexibility index (Phi) is 5.48. The molecular formula is C20H21N3. The van der Waals surface area contributed by atoms with Gasteiger partial charge in [0.25, 0.3) is 0 Å². The molecule has 3 rings (SSSR count).